The van der Waals surface area contributed by atoms with Crippen LogP contribution in [-0.4, -0.2) is 54.8 Å². The van der Waals surface area contributed by atoms with Crippen LogP contribution in [0.1, 0.15) is 52.9 Å². The van der Waals surface area contributed by atoms with Crippen LogP contribution in [0.3, 0.4) is 0 Å². The fourth-order valence-corrected chi connectivity index (χ4v) is 5.82. The summed E-state index contributed by atoms with van der Waals surface area (Å²) in [6, 6.07) is 15.9. The van der Waals surface area contributed by atoms with Gasteiger partial charge >= 0.3 is 0 Å². The van der Waals surface area contributed by atoms with Crippen LogP contribution in [0.25, 0.3) is 0 Å². The molecule has 0 unspecified atom stereocenters. The maximum absolute atomic E-state index is 13.6. The summed E-state index contributed by atoms with van der Waals surface area (Å²) >= 11 is 0. The predicted octanol–water partition coefficient (Wildman–Crippen LogP) is 4.16. The lowest BCUT2D eigenvalue weighted by Gasteiger charge is -2.36. The van der Waals surface area contributed by atoms with Gasteiger partial charge in [-0.05, 0) is 80.6 Å². The smallest absolute Gasteiger partial charge is 0.268 e. The Morgan fingerprint density at radius 2 is 1.64 bits per heavy atom. The molecular weight excluding hydrogens is 494 g/mol. The van der Waals surface area contributed by atoms with Crippen LogP contribution in [0.5, 0.6) is 17.2 Å². The zero-order valence-electron chi connectivity index (χ0n) is 23.1. The fourth-order valence-electron chi connectivity index (χ4n) is 5.82. The second kappa shape index (κ2) is 11.5. The number of aryl methyl sites for hydroxylation is 1. The monoisotopic (exact) mass is 531 g/mol. The summed E-state index contributed by atoms with van der Waals surface area (Å²) in [6.45, 7) is 2.65. The molecule has 39 heavy (non-hydrogen) atoms. The molecule has 2 aromatic carbocycles. The number of nitrogens with zero attached hydrogens (tertiary/aromatic N) is 2. The number of piperidine rings is 1. The molecule has 2 bridgehead atoms. The van der Waals surface area contributed by atoms with Crippen molar-refractivity contribution in [2.24, 2.45) is 0 Å². The fraction of sp³-hybridized carbons (Fsp3) is 0.419. The van der Waals surface area contributed by atoms with Crippen molar-refractivity contribution >= 4 is 5.91 Å². The summed E-state index contributed by atoms with van der Waals surface area (Å²) < 4.78 is 18.3. The van der Waals surface area contributed by atoms with Crippen molar-refractivity contribution in [2.75, 3.05) is 21.3 Å². The van der Waals surface area contributed by atoms with Gasteiger partial charge in [0.05, 0.1) is 20.4 Å². The molecule has 2 aliphatic rings. The quantitative estimate of drug-likeness (QED) is 0.447. The maximum atomic E-state index is 13.6. The maximum Gasteiger partial charge on any atom is 0.268 e. The Morgan fingerprint density at radius 3 is 2.28 bits per heavy atom. The van der Waals surface area contributed by atoms with E-state index in [1.807, 2.05) is 54.0 Å². The van der Waals surface area contributed by atoms with Crippen molar-refractivity contribution < 1.29 is 19.0 Å². The van der Waals surface area contributed by atoms with Crippen LogP contribution < -0.4 is 25.0 Å². The third-order valence-corrected chi connectivity index (χ3v) is 8.20. The molecule has 0 spiro atoms. The second-order valence-corrected chi connectivity index (χ2v) is 10.6. The average molecular weight is 532 g/mol. The number of fused-ring (bicyclic) bond motifs is 2. The molecule has 206 valence electrons. The van der Waals surface area contributed by atoms with E-state index in [9.17, 15) is 9.59 Å². The second-order valence-electron chi connectivity index (χ2n) is 10.6. The van der Waals surface area contributed by atoms with Gasteiger partial charge in [0.2, 0.25) is 5.43 Å². The normalized spacial score (nSPS) is 20.5. The van der Waals surface area contributed by atoms with E-state index in [4.69, 9.17) is 14.2 Å². The molecule has 2 aliphatic heterocycles. The third-order valence-electron chi connectivity index (χ3n) is 8.20. The van der Waals surface area contributed by atoms with Gasteiger partial charge in [0.1, 0.15) is 23.8 Å². The van der Waals surface area contributed by atoms with Gasteiger partial charge in [0, 0.05) is 30.7 Å². The Balaban J connectivity index is 1.40. The molecule has 0 saturated carbocycles. The van der Waals surface area contributed by atoms with E-state index in [0.29, 0.717) is 24.3 Å². The van der Waals surface area contributed by atoms with Crippen molar-refractivity contribution in [3.05, 3.63) is 87.3 Å². The van der Waals surface area contributed by atoms with Gasteiger partial charge in [-0.2, -0.15) is 0 Å². The molecule has 5 rings (SSSR count). The summed E-state index contributed by atoms with van der Waals surface area (Å²) in [6.07, 6.45) is 5.88. The number of carbonyl (C=O) groups is 1. The number of pyridine rings is 1. The standard InChI is InChI=1S/C31H37N3O5/c1-20-13-27(38-4)12-7-22(20)17-34-18-30(39-19-21-5-10-26(37-3)11-6-21)29(35)16-28(34)31(36)32-23-14-24-8-9-25(15-23)33(24)2/h5-7,10-13,16,18,23-25H,8-9,14-15,17,19H2,1-4H3,(H,32,36)/t23-,24+,25-. The Morgan fingerprint density at radius 1 is 0.974 bits per heavy atom. The third kappa shape index (κ3) is 5.96. The number of hydrogen-bond donors (Lipinski definition) is 1. The number of nitrogens with one attached hydrogen (secondary N) is 1. The highest BCUT2D eigenvalue weighted by atomic mass is 16.5. The number of amides is 1. The first-order valence-electron chi connectivity index (χ1n) is 13.5. The van der Waals surface area contributed by atoms with Gasteiger partial charge in [-0.25, -0.2) is 0 Å². The Bertz CT molecular complexity index is 1370. The number of carbonyl (C=O) groups excluding carboxylic acids is 1. The van der Waals surface area contributed by atoms with Gasteiger partial charge in [-0.15, -0.1) is 0 Å². The molecule has 2 fully saturated rings. The number of benzene rings is 2. The first-order chi connectivity index (χ1) is 18.8. The van der Waals surface area contributed by atoms with Crippen molar-refractivity contribution in [1.29, 1.82) is 0 Å². The predicted molar refractivity (Wildman–Crippen MR) is 150 cm³/mol. The van der Waals surface area contributed by atoms with E-state index in [2.05, 4.69) is 17.3 Å². The molecule has 3 atom stereocenters. The van der Waals surface area contributed by atoms with Crippen LogP contribution in [0.2, 0.25) is 0 Å². The molecule has 3 aromatic rings. The lowest BCUT2D eigenvalue weighted by Crippen LogP contribution is -2.49. The number of rotatable bonds is 9. The molecule has 3 heterocycles. The largest absolute Gasteiger partial charge is 0.497 e. The molecule has 8 nitrogen and oxygen atoms in total. The first kappa shape index (κ1) is 26.8. The number of ether oxygens (including phenoxy) is 3. The lowest BCUT2D eigenvalue weighted by molar-refractivity contribution is 0.0872. The molecule has 2 saturated heterocycles. The van der Waals surface area contributed by atoms with Crippen LogP contribution >= 0.6 is 0 Å². The Hall–Kier alpha value is -3.78. The summed E-state index contributed by atoms with van der Waals surface area (Å²) in [5.41, 5.74) is 2.98. The van der Waals surface area contributed by atoms with E-state index >= 15 is 0 Å². The van der Waals surface area contributed by atoms with Gasteiger partial charge in [0.15, 0.2) is 5.75 Å². The highest BCUT2D eigenvalue weighted by molar-refractivity contribution is 5.93. The zero-order chi connectivity index (χ0) is 27.5. The van der Waals surface area contributed by atoms with Gasteiger partial charge < -0.3 is 29.0 Å². The molecule has 0 aliphatic carbocycles. The van der Waals surface area contributed by atoms with E-state index in [1.54, 1.807) is 20.4 Å². The highest BCUT2D eigenvalue weighted by Crippen LogP contribution is 2.34. The highest BCUT2D eigenvalue weighted by Gasteiger charge is 2.39. The van der Waals surface area contributed by atoms with Gasteiger partial charge in [0.25, 0.3) is 5.91 Å². The van der Waals surface area contributed by atoms with Crippen molar-refractivity contribution in [1.82, 2.24) is 14.8 Å². The number of methoxy groups -OCH3 is 2. The molecular formula is C31H37N3O5. The van der Waals surface area contributed by atoms with Crippen molar-refractivity contribution in [3.63, 3.8) is 0 Å². The van der Waals surface area contributed by atoms with E-state index in [0.717, 1.165) is 41.0 Å². The number of hydrogen-bond acceptors (Lipinski definition) is 6. The Kier molecular flexibility index (Phi) is 7.93. The SMILES string of the molecule is COc1ccc(COc2cn(Cc3ccc(OC)cc3C)c(C(=O)N[C@H]3C[C@H]4CC[C@@H](C3)N4C)cc2=O)cc1. The minimum absolute atomic E-state index is 0.100. The van der Waals surface area contributed by atoms with Crippen LogP contribution in [-0.2, 0) is 13.2 Å². The van der Waals surface area contributed by atoms with Crippen LogP contribution in [0.4, 0.5) is 0 Å². The van der Waals surface area contributed by atoms with E-state index in [-0.39, 0.29) is 29.7 Å². The van der Waals surface area contributed by atoms with Crippen molar-refractivity contribution in [2.45, 2.75) is 63.9 Å². The molecule has 8 heteroatoms. The summed E-state index contributed by atoms with van der Waals surface area (Å²) in [5.74, 6) is 1.50. The van der Waals surface area contributed by atoms with Crippen LogP contribution in [0.15, 0.2) is 59.5 Å². The summed E-state index contributed by atoms with van der Waals surface area (Å²) in [7, 11) is 5.44. The summed E-state index contributed by atoms with van der Waals surface area (Å²) in [4.78, 5) is 29.1. The minimum atomic E-state index is -0.320. The van der Waals surface area contributed by atoms with Gasteiger partial charge in [-0.3, -0.25) is 9.59 Å². The van der Waals surface area contributed by atoms with E-state index < -0.39 is 0 Å². The van der Waals surface area contributed by atoms with Crippen molar-refractivity contribution in [3.8, 4) is 17.2 Å². The molecule has 1 aromatic heterocycles. The van der Waals surface area contributed by atoms with Gasteiger partial charge in [-0.1, -0.05) is 18.2 Å². The topological polar surface area (TPSA) is 82.0 Å². The first-order valence-corrected chi connectivity index (χ1v) is 13.5. The molecule has 1 amide bonds. The summed E-state index contributed by atoms with van der Waals surface area (Å²) in [5, 5.41) is 3.23. The average Bonchev–Trinajstić information content (AvgIpc) is 3.14. The Labute approximate surface area is 229 Å². The number of aromatic nitrogens is 1. The van der Waals surface area contributed by atoms with Crippen LogP contribution in [0, 0.1) is 6.92 Å². The minimum Gasteiger partial charge on any atom is -0.497 e. The zero-order valence-corrected chi connectivity index (χ0v) is 23.1. The van der Waals surface area contributed by atoms with E-state index in [1.165, 1.54) is 18.9 Å². The lowest BCUT2D eigenvalue weighted by atomic mass is 9.98. The molecule has 0 radical (unpaired) electrons. The molecule has 1 N–H and O–H groups in total.